The highest BCUT2D eigenvalue weighted by Crippen LogP contribution is 2.20. The predicted octanol–water partition coefficient (Wildman–Crippen LogP) is 3.48. The lowest BCUT2D eigenvalue weighted by molar-refractivity contribution is 0.470. The summed E-state index contributed by atoms with van der Waals surface area (Å²) in [5, 5.41) is 3.45. The molecule has 2 aromatic carbocycles. The van der Waals surface area contributed by atoms with E-state index in [2.05, 4.69) is 24.4 Å². The van der Waals surface area contributed by atoms with Crippen LogP contribution in [0.3, 0.4) is 0 Å². The van der Waals surface area contributed by atoms with E-state index in [9.17, 15) is 4.39 Å². The van der Waals surface area contributed by atoms with Crippen LogP contribution in [0.2, 0.25) is 0 Å². The normalized spacial score (nSPS) is 14.0. The van der Waals surface area contributed by atoms with Crippen LogP contribution in [0.5, 0.6) is 0 Å². The van der Waals surface area contributed by atoms with Gasteiger partial charge in [0, 0.05) is 18.6 Å². The van der Waals surface area contributed by atoms with Crippen LogP contribution in [0.4, 0.5) is 4.39 Å². The van der Waals surface area contributed by atoms with E-state index in [0.717, 1.165) is 5.56 Å². The van der Waals surface area contributed by atoms with Gasteiger partial charge >= 0.3 is 0 Å². The van der Waals surface area contributed by atoms with E-state index in [0.29, 0.717) is 12.1 Å². The Morgan fingerprint density at radius 1 is 1.10 bits per heavy atom. The minimum absolute atomic E-state index is 0.0553. The SMILES string of the molecule is Cc1ccc(C(CN)NC(C)c2ccccc2)cc1F. The van der Waals surface area contributed by atoms with E-state index in [-0.39, 0.29) is 17.9 Å². The zero-order chi connectivity index (χ0) is 14.5. The third kappa shape index (κ3) is 3.44. The third-order valence-corrected chi connectivity index (χ3v) is 3.58. The van der Waals surface area contributed by atoms with Gasteiger partial charge in [-0.25, -0.2) is 4.39 Å². The van der Waals surface area contributed by atoms with Crippen LogP contribution in [0.1, 0.15) is 35.7 Å². The van der Waals surface area contributed by atoms with Crippen LogP contribution in [-0.2, 0) is 0 Å². The summed E-state index contributed by atoms with van der Waals surface area (Å²) in [6.07, 6.45) is 0. The van der Waals surface area contributed by atoms with E-state index in [1.807, 2.05) is 24.3 Å². The molecule has 0 spiro atoms. The summed E-state index contributed by atoms with van der Waals surface area (Å²) in [6.45, 7) is 4.28. The molecular formula is C17H21FN2. The Labute approximate surface area is 119 Å². The Morgan fingerprint density at radius 2 is 1.80 bits per heavy atom. The highest BCUT2D eigenvalue weighted by atomic mass is 19.1. The number of rotatable bonds is 5. The van der Waals surface area contributed by atoms with Gasteiger partial charge in [0.05, 0.1) is 0 Å². The molecule has 0 radical (unpaired) electrons. The van der Waals surface area contributed by atoms with Crippen LogP contribution >= 0.6 is 0 Å². The molecule has 3 N–H and O–H groups in total. The first-order valence-corrected chi connectivity index (χ1v) is 6.89. The Hall–Kier alpha value is -1.71. The largest absolute Gasteiger partial charge is 0.329 e. The number of aryl methyl sites for hydroxylation is 1. The Bertz CT molecular complexity index is 554. The van der Waals surface area contributed by atoms with E-state index < -0.39 is 0 Å². The highest BCUT2D eigenvalue weighted by Gasteiger charge is 2.15. The molecule has 0 heterocycles. The standard InChI is InChI=1S/C17H21FN2/c1-12-8-9-15(10-16(12)18)17(11-19)20-13(2)14-6-4-3-5-7-14/h3-10,13,17,20H,11,19H2,1-2H3. The second-order valence-electron chi connectivity index (χ2n) is 5.10. The number of halogens is 1. The van der Waals surface area contributed by atoms with E-state index in [1.54, 1.807) is 19.1 Å². The van der Waals surface area contributed by atoms with Crippen molar-refractivity contribution in [1.82, 2.24) is 5.32 Å². The number of hydrogen-bond donors (Lipinski definition) is 2. The maximum absolute atomic E-state index is 13.7. The van der Waals surface area contributed by atoms with Gasteiger partial charge in [0.15, 0.2) is 0 Å². The molecule has 0 bridgehead atoms. The van der Waals surface area contributed by atoms with Crippen molar-refractivity contribution in [3.63, 3.8) is 0 Å². The third-order valence-electron chi connectivity index (χ3n) is 3.58. The lowest BCUT2D eigenvalue weighted by Gasteiger charge is -2.23. The first-order chi connectivity index (χ1) is 9.61. The number of nitrogens with two attached hydrogens (primary N) is 1. The number of nitrogens with one attached hydrogen (secondary N) is 1. The molecule has 0 amide bonds. The zero-order valence-corrected chi connectivity index (χ0v) is 11.9. The van der Waals surface area contributed by atoms with E-state index >= 15 is 0 Å². The van der Waals surface area contributed by atoms with Gasteiger partial charge in [-0.2, -0.15) is 0 Å². The van der Waals surface area contributed by atoms with Crippen LogP contribution in [-0.4, -0.2) is 6.54 Å². The Kier molecular flexibility index (Phi) is 4.88. The molecule has 0 saturated heterocycles. The second-order valence-corrected chi connectivity index (χ2v) is 5.10. The average molecular weight is 272 g/mol. The van der Waals surface area contributed by atoms with Gasteiger partial charge < -0.3 is 11.1 Å². The van der Waals surface area contributed by atoms with Crippen LogP contribution in [0.25, 0.3) is 0 Å². The molecule has 2 rings (SSSR count). The smallest absolute Gasteiger partial charge is 0.126 e. The Balaban J connectivity index is 2.14. The van der Waals surface area contributed by atoms with Gasteiger partial charge in [0.2, 0.25) is 0 Å². The topological polar surface area (TPSA) is 38.0 Å². The maximum atomic E-state index is 13.7. The molecule has 0 aliphatic carbocycles. The highest BCUT2D eigenvalue weighted by molar-refractivity contribution is 5.27. The zero-order valence-electron chi connectivity index (χ0n) is 11.9. The summed E-state index contributed by atoms with van der Waals surface area (Å²) in [6, 6.07) is 15.6. The summed E-state index contributed by atoms with van der Waals surface area (Å²) >= 11 is 0. The van der Waals surface area contributed by atoms with Crippen molar-refractivity contribution < 1.29 is 4.39 Å². The quantitative estimate of drug-likeness (QED) is 0.874. The second kappa shape index (κ2) is 6.64. The van der Waals surface area contributed by atoms with Crippen molar-refractivity contribution in [2.45, 2.75) is 25.9 Å². The van der Waals surface area contributed by atoms with Gasteiger partial charge in [-0.15, -0.1) is 0 Å². The molecule has 0 fully saturated rings. The summed E-state index contributed by atoms with van der Waals surface area (Å²) in [4.78, 5) is 0. The lowest BCUT2D eigenvalue weighted by Crippen LogP contribution is -2.30. The molecule has 2 unspecified atom stereocenters. The molecule has 3 heteroatoms. The summed E-state index contributed by atoms with van der Waals surface area (Å²) in [5.41, 5.74) is 8.57. The summed E-state index contributed by atoms with van der Waals surface area (Å²) in [5.74, 6) is -0.185. The predicted molar refractivity (Wildman–Crippen MR) is 80.9 cm³/mol. The van der Waals surface area contributed by atoms with E-state index in [1.165, 1.54) is 5.56 Å². The molecule has 2 aromatic rings. The van der Waals surface area contributed by atoms with Crippen LogP contribution < -0.4 is 11.1 Å². The fraction of sp³-hybridized carbons (Fsp3) is 0.294. The van der Waals surface area contributed by atoms with Gasteiger partial charge in [-0.3, -0.25) is 0 Å². The van der Waals surface area contributed by atoms with Crippen molar-refractivity contribution in [2.24, 2.45) is 5.73 Å². The average Bonchev–Trinajstić information content (AvgIpc) is 2.48. The lowest BCUT2D eigenvalue weighted by atomic mass is 10.0. The minimum Gasteiger partial charge on any atom is -0.329 e. The molecule has 20 heavy (non-hydrogen) atoms. The molecule has 106 valence electrons. The molecule has 0 aliphatic rings. The molecule has 0 aromatic heterocycles. The molecular weight excluding hydrogens is 251 g/mol. The first-order valence-electron chi connectivity index (χ1n) is 6.89. The fourth-order valence-electron chi connectivity index (χ4n) is 2.27. The van der Waals surface area contributed by atoms with Gasteiger partial charge in [0.25, 0.3) is 0 Å². The minimum atomic E-state index is -0.185. The molecule has 0 saturated carbocycles. The van der Waals surface area contributed by atoms with Crippen LogP contribution in [0, 0.1) is 12.7 Å². The van der Waals surface area contributed by atoms with Crippen molar-refractivity contribution in [3.05, 3.63) is 71.0 Å². The summed E-state index contributed by atoms with van der Waals surface area (Å²) in [7, 11) is 0. The van der Waals surface area contributed by atoms with Crippen molar-refractivity contribution in [1.29, 1.82) is 0 Å². The van der Waals surface area contributed by atoms with E-state index in [4.69, 9.17) is 5.73 Å². The fourth-order valence-corrected chi connectivity index (χ4v) is 2.27. The van der Waals surface area contributed by atoms with Crippen LogP contribution in [0.15, 0.2) is 48.5 Å². The van der Waals surface area contributed by atoms with Gasteiger partial charge in [-0.1, -0.05) is 42.5 Å². The van der Waals surface area contributed by atoms with Crippen molar-refractivity contribution in [3.8, 4) is 0 Å². The van der Waals surface area contributed by atoms with Crippen molar-refractivity contribution >= 4 is 0 Å². The summed E-state index contributed by atoms with van der Waals surface area (Å²) < 4.78 is 13.7. The van der Waals surface area contributed by atoms with Crippen molar-refractivity contribution in [2.75, 3.05) is 6.54 Å². The molecule has 0 aliphatic heterocycles. The monoisotopic (exact) mass is 272 g/mol. The van der Waals surface area contributed by atoms with Gasteiger partial charge in [0.1, 0.15) is 5.82 Å². The number of benzene rings is 2. The maximum Gasteiger partial charge on any atom is 0.126 e. The first kappa shape index (κ1) is 14.7. The number of hydrogen-bond acceptors (Lipinski definition) is 2. The molecule has 2 atom stereocenters. The van der Waals surface area contributed by atoms with Gasteiger partial charge in [-0.05, 0) is 36.6 Å². The molecule has 2 nitrogen and oxygen atoms in total. The Morgan fingerprint density at radius 3 is 2.40 bits per heavy atom.